The molecule has 3 aromatic rings. The van der Waals surface area contributed by atoms with Crippen LogP contribution in [0, 0.1) is 25.2 Å². The molecule has 0 bridgehead atoms. The summed E-state index contributed by atoms with van der Waals surface area (Å²) < 4.78 is 10.2. The van der Waals surface area contributed by atoms with E-state index in [0.717, 1.165) is 11.3 Å². The summed E-state index contributed by atoms with van der Waals surface area (Å²) in [4.78, 5) is 46.2. The second kappa shape index (κ2) is 11.3. The van der Waals surface area contributed by atoms with Crippen LogP contribution in [0.2, 0.25) is 0 Å². The Kier molecular flexibility index (Phi) is 8.27. The first-order valence-electron chi connectivity index (χ1n) is 10.7. The monoisotopic (exact) mass is 496 g/mol. The third kappa shape index (κ3) is 6.94. The average Bonchev–Trinajstić information content (AvgIpc) is 3.38. The molecule has 0 saturated carbocycles. The van der Waals surface area contributed by atoms with Crippen LogP contribution in [0.25, 0.3) is 11.4 Å². The Morgan fingerprint density at radius 1 is 1.23 bits per heavy atom. The van der Waals surface area contributed by atoms with Crippen LogP contribution in [0.3, 0.4) is 0 Å². The van der Waals surface area contributed by atoms with Crippen molar-refractivity contribution >= 4 is 34.3 Å². The largest absolute Gasteiger partial charge is 0.459 e. The quantitative estimate of drug-likeness (QED) is 0.423. The lowest BCUT2D eigenvalue weighted by Gasteiger charge is -2.15. The maximum Gasteiger partial charge on any atom is 0.350 e. The minimum atomic E-state index is -0.741. The standard InChI is InChI=1S/C23H24N6O5S/c1-12(2)33-22(32)19-13(3)25-23(35-19)28-18(30)11-17(8-9-24)27-21(31)16-7-5-6-15(10-16)20-26-14(4)34-29-20/h5-7,10,12,17H,8,11H2,1-4H3,(H,27,31)(H,25,28,30)/t17-/m1/s1. The van der Waals surface area contributed by atoms with Crippen molar-refractivity contribution < 1.29 is 23.6 Å². The number of amides is 2. The van der Waals surface area contributed by atoms with Crippen LogP contribution >= 0.6 is 11.3 Å². The van der Waals surface area contributed by atoms with Gasteiger partial charge in [-0.25, -0.2) is 9.78 Å². The fourth-order valence-corrected chi connectivity index (χ4v) is 3.94. The number of nitriles is 1. The van der Waals surface area contributed by atoms with E-state index in [1.807, 2.05) is 6.07 Å². The van der Waals surface area contributed by atoms with Crippen molar-refractivity contribution in [2.45, 2.75) is 52.7 Å². The van der Waals surface area contributed by atoms with Crippen molar-refractivity contribution in [3.8, 4) is 17.5 Å². The summed E-state index contributed by atoms with van der Waals surface area (Å²) >= 11 is 1.00. The van der Waals surface area contributed by atoms with E-state index in [-0.39, 0.29) is 24.1 Å². The first-order valence-corrected chi connectivity index (χ1v) is 11.5. The number of hydrogen-bond acceptors (Lipinski definition) is 10. The molecule has 3 rings (SSSR count). The summed E-state index contributed by atoms with van der Waals surface area (Å²) in [6, 6.07) is 7.85. The van der Waals surface area contributed by atoms with E-state index in [0.29, 0.717) is 33.4 Å². The number of benzene rings is 1. The third-order valence-corrected chi connectivity index (χ3v) is 5.64. The molecule has 11 nitrogen and oxygen atoms in total. The molecule has 1 aromatic carbocycles. The van der Waals surface area contributed by atoms with Gasteiger partial charge in [-0.1, -0.05) is 28.6 Å². The number of esters is 1. The van der Waals surface area contributed by atoms with E-state index < -0.39 is 23.8 Å². The molecule has 12 heteroatoms. The van der Waals surface area contributed by atoms with E-state index in [2.05, 4.69) is 25.8 Å². The minimum Gasteiger partial charge on any atom is -0.459 e. The summed E-state index contributed by atoms with van der Waals surface area (Å²) in [5.74, 6) is -0.679. The molecule has 2 N–H and O–H groups in total. The van der Waals surface area contributed by atoms with Crippen LogP contribution in [-0.4, -0.2) is 45.1 Å². The van der Waals surface area contributed by atoms with E-state index in [1.54, 1.807) is 52.0 Å². The predicted molar refractivity (Wildman–Crippen MR) is 127 cm³/mol. The van der Waals surface area contributed by atoms with Crippen molar-refractivity contribution in [1.29, 1.82) is 5.26 Å². The lowest BCUT2D eigenvalue weighted by atomic mass is 10.1. The van der Waals surface area contributed by atoms with Crippen LogP contribution in [0.5, 0.6) is 0 Å². The SMILES string of the molecule is Cc1nc(-c2cccc(C(=O)N[C@H](CC#N)CC(=O)Nc3nc(C)c(C(=O)OC(C)C)s3)c2)no1. The van der Waals surface area contributed by atoms with Gasteiger partial charge in [0.1, 0.15) is 4.88 Å². The summed E-state index contributed by atoms with van der Waals surface area (Å²) in [7, 11) is 0. The molecule has 35 heavy (non-hydrogen) atoms. The van der Waals surface area contributed by atoms with E-state index in [1.165, 1.54) is 0 Å². The van der Waals surface area contributed by atoms with Crippen LogP contribution < -0.4 is 10.6 Å². The molecule has 0 fully saturated rings. The number of carbonyl (C=O) groups excluding carboxylic acids is 3. The lowest BCUT2D eigenvalue weighted by Crippen LogP contribution is -2.37. The second-order valence-corrected chi connectivity index (χ2v) is 8.89. The number of nitrogens with zero attached hydrogens (tertiary/aromatic N) is 4. The van der Waals surface area contributed by atoms with Crippen LogP contribution in [0.4, 0.5) is 5.13 Å². The molecule has 0 unspecified atom stereocenters. The Hall–Kier alpha value is -4.11. The molecule has 0 aliphatic heterocycles. The highest BCUT2D eigenvalue weighted by molar-refractivity contribution is 7.17. The Morgan fingerprint density at radius 3 is 2.66 bits per heavy atom. The summed E-state index contributed by atoms with van der Waals surface area (Å²) in [6.45, 7) is 6.79. The van der Waals surface area contributed by atoms with Gasteiger partial charge in [-0.2, -0.15) is 10.2 Å². The van der Waals surface area contributed by atoms with Crippen LogP contribution in [0.15, 0.2) is 28.8 Å². The molecular formula is C23H24N6O5S. The van der Waals surface area contributed by atoms with Gasteiger partial charge >= 0.3 is 5.97 Å². The smallest absolute Gasteiger partial charge is 0.350 e. The number of hydrogen-bond donors (Lipinski definition) is 2. The molecule has 182 valence electrons. The fraction of sp³-hybridized carbons (Fsp3) is 0.348. The first kappa shape index (κ1) is 25.5. The molecule has 2 heterocycles. The average molecular weight is 497 g/mol. The first-order chi connectivity index (χ1) is 16.7. The highest BCUT2D eigenvalue weighted by atomic mass is 32.1. The molecule has 2 amide bonds. The number of ether oxygens (including phenoxy) is 1. The van der Waals surface area contributed by atoms with Crippen LogP contribution in [0.1, 0.15) is 58.3 Å². The van der Waals surface area contributed by atoms with Crippen molar-refractivity contribution in [1.82, 2.24) is 20.4 Å². The Morgan fingerprint density at radius 2 is 2.00 bits per heavy atom. The highest BCUT2D eigenvalue weighted by Crippen LogP contribution is 2.24. The van der Waals surface area contributed by atoms with Crippen molar-refractivity contribution in [2.24, 2.45) is 0 Å². The Labute approximate surface area is 205 Å². The van der Waals surface area contributed by atoms with Crippen LogP contribution in [-0.2, 0) is 9.53 Å². The third-order valence-electron chi connectivity index (χ3n) is 4.59. The zero-order valence-electron chi connectivity index (χ0n) is 19.6. The number of aromatic nitrogens is 3. The number of anilines is 1. The molecule has 1 atom stereocenters. The predicted octanol–water partition coefficient (Wildman–Crippen LogP) is 3.42. The summed E-state index contributed by atoms with van der Waals surface area (Å²) in [5.41, 5.74) is 1.35. The molecule has 0 radical (unpaired) electrons. The minimum absolute atomic E-state index is 0.0776. The van der Waals surface area contributed by atoms with Gasteiger partial charge in [0, 0.05) is 24.5 Å². The maximum atomic E-state index is 12.8. The zero-order chi connectivity index (χ0) is 25.5. The number of thiazole rings is 1. The Bertz CT molecular complexity index is 1280. The van der Waals surface area contributed by atoms with Crippen molar-refractivity contribution in [3.05, 3.63) is 46.3 Å². The van der Waals surface area contributed by atoms with E-state index >= 15 is 0 Å². The van der Waals surface area contributed by atoms with Gasteiger partial charge in [0.2, 0.25) is 17.6 Å². The number of aryl methyl sites for hydroxylation is 2. The lowest BCUT2D eigenvalue weighted by molar-refractivity contribution is -0.116. The molecule has 0 aliphatic rings. The normalized spacial score (nSPS) is 11.5. The molecule has 0 aliphatic carbocycles. The van der Waals surface area contributed by atoms with Crippen molar-refractivity contribution in [2.75, 3.05) is 5.32 Å². The number of rotatable bonds is 9. The summed E-state index contributed by atoms with van der Waals surface area (Å²) in [6.07, 6.45) is -0.520. The van der Waals surface area contributed by atoms with E-state index in [9.17, 15) is 14.4 Å². The molecule has 0 spiro atoms. The highest BCUT2D eigenvalue weighted by Gasteiger charge is 2.22. The number of nitrogens with one attached hydrogen (secondary N) is 2. The number of carbonyl (C=O) groups is 3. The molecular weight excluding hydrogens is 472 g/mol. The maximum absolute atomic E-state index is 12.8. The van der Waals surface area contributed by atoms with Crippen molar-refractivity contribution in [3.63, 3.8) is 0 Å². The molecule has 0 saturated heterocycles. The van der Waals surface area contributed by atoms with Gasteiger partial charge in [0.05, 0.1) is 30.3 Å². The zero-order valence-corrected chi connectivity index (χ0v) is 20.4. The molecule has 2 aromatic heterocycles. The van der Waals surface area contributed by atoms with Gasteiger partial charge in [-0.15, -0.1) is 0 Å². The topological polar surface area (TPSA) is 160 Å². The van der Waals surface area contributed by atoms with Gasteiger partial charge in [-0.05, 0) is 32.9 Å². The van der Waals surface area contributed by atoms with Gasteiger partial charge in [-0.3, -0.25) is 9.59 Å². The summed E-state index contributed by atoms with van der Waals surface area (Å²) in [5, 5.41) is 18.6. The Balaban J connectivity index is 1.64. The van der Waals surface area contributed by atoms with Gasteiger partial charge in [0.15, 0.2) is 5.13 Å². The second-order valence-electron chi connectivity index (χ2n) is 7.89. The van der Waals surface area contributed by atoms with Gasteiger partial charge < -0.3 is 19.9 Å². The fourth-order valence-electron chi connectivity index (χ4n) is 3.07. The van der Waals surface area contributed by atoms with Gasteiger partial charge in [0.25, 0.3) is 5.91 Å². The van der Waals surface area contributed by atoms with E-state index in [4.69, 9.17) is 14.5 Å².